The number of benzene rings is 1. The molecular weight excluding hydrogens is 201 g/mol. The molecule has 0 aliphatic rings. The van der Waals surface area contributed by atoms with E-state index in [9.17, 15) is 4.39 Å². The van der Waals surface area contributed by atoms with Gasteiger partial charge in [-0.25, -0.2) is 4.39 Å². The van der Waals surface area contributed by atoms with E-state index in [0.717, 1.165) is 0 Å². The Hall–Kier alpha value is -1.02. The van der Waals surface area contributed by atoms with Gasteiger partial charge in [0.25, 0.3) is 0 Å². The maximum absolute atomic E-state index is 12.8. The third-order valence-corrected chi connectivity index (χ3v) is 2.06. The van der Waals surface area contributed by atoms with Crippen molar-refractivity contribution in [3.63, 3.8) is 0 Å². The quantitative estimate of drug-likeness (QED) is 0.752. The number of halogens is 2. The van der Waals surface area contributed by atoms with E-state index in [2.05, 4.69) is 5.32 Å². The lowest BCUT2D eigenvalue weighted by Crippen LogP contribution is -1.99. The molecule has 1 aromatic carbocycles. The second kappa shape index (κ2) is 5.01. The Bertz CT molecular complexity index is 343. The number of hydrogen-bond donors (Lipinski definition) is 1. The van der Waals surface area contributed by atoms with Crippen LogP contribution in [0.5, 0.6) is 0 Å². The summed E-state index contributed by atoms with van der Waals surface area (Å²) in [5, 5.41) is 3.57. The fourth-order valence-corrected chi connectivity index (χ4v) is 1.18. The SMILES string of the molecule is CC(C)=CCNc1cc(F)ccc1Cl. The van der Waals surface area contributed by atoms with Crippen molar-refractivity contribution in [1.29, 1.82) is 0 Å². The molecule has 0 spiro atoms. The van der Waals surface area contributed by atoms with Gasteiger partial charge in [0.05, 0.1) is 10.7 Å². The third-order valence-electron chi connectivity index (χ3n) is 1.73. The van der Waals surface area contributed by atoms with Gasteiger partial charge in [0.1, 0.15) is 5.82 Å². The average molecular weight is 214 g/mol. The monoisotopic (exact) mass is 213 g/mol. The van der Waals surface area contributed by atoms with Gasteiger partial charge in [-0.2, -0.15) is 0 Å². The largest absolute Gasteiger partial charge is 0.380 e. The number of anilines is 1. The maximum Gasteiger partial charge on any atom is 0.125 e. The molecule has 3 heteroatoms. The zero-order valence-corrected chi connectivity index (χ0v) is 9.03. The highest BCUT2D eigenvalue weighted by atomic mass is 35.5. The van der Waals surface area contributed by atoms with Crippen LogP contribution in [-0.4, -0.2) is 6.54 Å². The summed E-state index contributed by atoms with van der Waals surface area (Å²) in [6, 6.07) is 4.28. The third kappa shape index (κ3) is 3.38. The van der Waals surface area contributed by atoms with Gasteiger partial charge in [0.15, 0.2) is 0 Å². The molecule has 14 heavy (non-hydrogen) atoms. The Labute approximate surface area is 88.6 Å². The van der Waals surface area contributed by atoms with E-state index < -0.39 is 0 Å². The predicted molar refractivity (Wildman–Crippen MR) is 59.3 cm³/mol. The molecule has 0 aliphatic heterocycles. The van der Waals surface area contributed by atoms with Crippen molar-refractivity contribution in [2.45, 2.75) is 13.8 Å². The van der Waals surface area contributed by atoms with E-state index in [1.54, 1.807) is 6.07 Å². The number of hydrogen-bond acceptors (Lipinski definition) is 1. The Morgan fingerprint density at radius 3 is 2.86 bits per heavy atom. The summed E-state index contributed by atoms with van der Waals surface area (Å²) in [5.74, 6) is -0.283. The van der Waals surface area contributed by atoms with Gasteiger partial charge in [0.2, 0.25) is 0 Å². The molecule has 76 valence electrons. The van der Waals surface area contributed by atoms with Gasteiger partial charge in [-0.05, 0) is 32.0 Å². The van der Waals surface area contributed by atoms with Crippen molar-refractivity contribution in [2.24, 2.45) is 0 Å². The first kappa shape index (κ1) is 11.1. The molecule has 0 bridgehead atoms. The van der Waals surface area contributed by atoms with Crippen molar-refractivity contribution >= 4 is 17.3 Å². The lowest BCUT2D eigenvalue weighted by Gasteiger charge is -2.05. The molecule has 0 radical (unpaired) electrons. The first-order chi connectivity index (χ1) is 6.59. The van der Waals surface area contributed by atoms with Crippen molar-refractivity contribution < 1.29 is 4.39 Å². The normalized spacial score (nSPS) is 9.71. The molecule has 0 atom stereocenters. The van der Waals surface area contributed by atoms with Crippen molar-refractivity contribution in [3.05, 3.63) is 40.7 Å². The van der Waals surface area contributed by atoms with Crippen molar-refractivity contribution in [2.75, 3.05) is 11.9 Å². The van der Waals surface area contributed by atoms with Crippen LogP contribution >= 0.6 is 11.6 Å². The Morgan fingerprint density at radius 1 is 1.50 bits per heavy atom. The molecule has 1 nitrogen and oxygen atoms in total. The molecule has 0 unspecified atom stereocenters. The van der Waals surface area contributed by atoms with E-state index in [4.69, 9.17) is 11.6 Å². The van der Waals surface area contributed by atoms with Crippen LogP contribution in [0.15, 0.2) is 29.8 Å². The lowest BCUT2D eigenvalue weighted by molar-refractivity contribution is 0.628. The minimum absolute atomic E-state index is 0.283. The second-order valence-electron chi connectivity index (χ2n) is 3.29. The number of nitrogens with one attached hydrogen (secondary N) is 1. The molecule has 0 saturated heterocycles. The molecule has 1 aromatic rings. The summed E-state index contributed by atoms with van der Waals surface area (Å²) in [5.41, 5.74) is 1.84. The summed E-state index contributed by atoms with van der Waals surface area (Å²) in [7, 11) is 0. The van der Waals surface area contributed by atoms with Crippen LogP contribution in [0, 0.1) is 5.82 Å². The van der Waals surface area contributed by atoms with E-state index in [1.165, 1.54) is 17.7 Å². The highest BCUT2D eigenvalue weighted by molar-refractivity contribution is 6.33. The zero-order valence-electron chi connectivity index (χ0n) is 8.27. The molecule has 1 N–H and O–H groups in total. The predicted octanol–water partition coefficient (Wildman–Crippen LogP) is 3.86. The Balaban J connectivity index is 2.67. The summed E-state index contributed by atoms with van der Waals surface area (Å²) < 4.78 is 12.8. The van der Waals surface area contributed by atoms with Crippen LogP contribution in [0.2, 0.25) is 5.02 Å². The van der Waals surface area contributed by atoms with Gasteiger partial charge >= 0.3 is 0 Å². The molecule has 0 amide bonds. The number of rotatable bonds is 3. The first-order valence-electron chi connectivity index (χ1n) is 4.42. The molecule has 0 aromatic heterocycles. The van der Waals surface area contributed by atoms with Crippen molar-refractivity contribution in [3.8, 4) is 0 Å². The van der Waals surface area contributed by atoms with Gasteiger partial charge < -0.3 is 5.32 Å². The minimum atomic E-state index is -0.283. The Morgan fingerprint density at radius 2 is 2.21 bits per heavy atom. The average Bonchev–Trinajstić information content (AvgIpc) is 2.10. The standard InChI is InChI=1S/C11H13ClFN/c1-8(2)5-6-14-11-7-9(13)3-4-10(11)12/h3-5,7,14H,6H2,1-2H3. The highest BCUT2D eigenvalue weighted by Gasteiger charge is 1.99. The fourth-order valence-electron chi connectivity index (χ4n) is 0.998. The summed E-state index contributed by atoms with van der Waals surface area (Å²) >= 11 is 5.86. The molecule has 1 rings (SSSR count). The van der Waals surface area contributed by atoms with Crippen LogP contribution in [0.3, 0.4) is 0 Å². The van der Waals surface area contributed by atoms with Gasteiger partial charge in [-0.15, -0.1) is 0 Å². The summed E-state index contributed by atoms with van der Waals surface area (Å²) in [6.45, 7) is 4.68. The van der Waals surface area contributed by atoms with Crippen LogP contribution in [0.1, 0.15) is 13.8 Å². The smallest absolute Gasteiger partial charge is 0.125 e. The van der Waals surface area contributed by atoms with E-state index in [0.29, 0.717) is 17.3 Å². The van der Waals surface area contributed by atoms with Crippen LogP contribution in [-0.2, 0) is 0 Å². The van der Waals surface area contributed by atoms with E-state index in [1.807, 2.05) is 19.9 Å². The first-order valence-corrected chi connectivity index (χ1v) is 4.79. The topological polar surface area (TPSA) is 12.0 Å². The summed E-state index contributed by atoms with van der Waals surface area (Å²) in [4.78, 5) is 0. The number of allylic oxidation sites excluding steroid dienone is 1. The molecule has 0 fully saturated rings. The highest BCUT2D eigenvalue weighted by Crippen LogP contribution is 2.21. The Kier molecular flexibility index (Phi) is 3.96. The van der Waals surface area contributed by atoms with Gasteiger partial charge in [-0.3, -0.25) is 0 Å². The maximum atomic E-state index is 12.8. The molecule has 0 saturated carbocycles. The molecule has 0 heterocycles. The van der Waals surface area contributed by atoms with E-state index >= 15 is 0 Å². The minimum Gasteiger partial charge on any atom is -0.380 e. The molecular formula is C11H13ClFN. The fraction of sp³-hybridized carbons (Fsp3) is 0.273. The van der Waals surface area contributed by atoms with Crippen LogP contribution < -0.4 is 5.32 Å². The van der Waals surface area contributed by atoms with Crippen LogP contribution in [0.4, 0.5) is 10.1 Å². The summed E-state index contributed by atoms with van der Waals surface area (Å²) in [6.07, 6.45) is 2.02. The van der Waals surface area contributed by atoms with E-state index in [-0.39, 0.29) is 5.82 Å². The van der Waals surface area contributed by atoms with Gasteiger partial charge in [-0.1, -0.05) is 23.3 Å². The van der Waals surface area contributed by atoms with Gasteiger partial charge in [0, 0.05) is 6.54 Å². The molecule has 0 aliphatic carbocycles. The van der Waals surface area contributed by atoms with Crippen molar-refractivity contribution in [1.82, 2.24) is 0 Å². The van der Waals surface area contributed by atoms with Crippen LogP contribution in [0.25, 0.3) is 0 Å². The lowest BCUT2D eigenvalue weighted by atomic mass is 10.3. The zero-order chi connectivity index (χ0) is 10.6. The second-order valence-corrected chi connectivity index (χ2v) is 3.69.